The van der Waals surface area contributed by atoms with Gasteiger partial charge in [0.25, 0.3) is 0 Å². The summed E-state index contributed by atoms with van der Waals surface area (Å²) in [6.45, 7) is 6.72. The van der Waals surface area contributed by atoms with Gasteiger partial charge in [-0.15, -0.1) is 11.8 Å². The molecule has 0 N–H and O–H groups in total. The van der Waals surface area contributed by atoms with Crippen molar-refractivity contribution in [2.24, 2.45) is 0 Å². The fourth-order valence-electron chi connectivity index (χ4n) is 0.894. The van der Waals surface area contributed by atoms with Gasteiger partial charge < -0.3 is 0 Å². The van der Waals surface area contributed by atoms with E-state index in [1.54, 1.807) is 0 Å². The lowest BCUT2D eigenvalue weighted by Crippen LogP contribution is -2.11. The highest BCUT2D eigenvalue weighted by atomic mass is 35.5. The molecule has 0 aliphatic carbocycles. The van der Waals surface area contributed by atoms with E-state index in [0.29, 0.717) is 4.75 Å². The molecular formula is C11H15ClS. The summed E-state index contributed by atoms with van der Waals surface area (Å²) in [5, 5.41) is 0.804. The quantitative estimate of drug-likeness (QED) is 0.662. The van der Waals surface area contributed by atoms with Crippen LogP contribution in [0.25, 0.3) is 0 Å². The van der Waals surface area contributed by atoms with Gasteiger partial charge in [0.15, 0.2) is 0 Å². The molecule has 0 nitrogen and oxygen atoms in total. The first-order chi connectivity index (χ1) is 6.03. The van der Waals surface area contributed by atoms with Gasteiger partial charge in [0, 0.05) is 14.7 Å². The van der Waals surface area contributed by atoms with E-state index in [1.807, 2.05) is 23.9 Å². The number of halogens is 1. The summed E-state index contributed by atoms with van der Waals surface area (Å²) in [4.78, 5) is 1.29. The van der Waals surface area contributed by atoms with Gasteiger partial charge in [-0.3, -0.25) is 0 Å². The number of benzene rings is 1. The van der Waals surface area contributed by atoms with Crippen LogP contribution in [0.1, 0.15) is 27.2 Å². The first-order valence-electron chi connectivity index (χ1n) is 4.48. The van der Waals surface area contributed by atoms with Crippen molar-refractivity contribution in [2.75, 3.05) is 0 Å². The standard InChI is InChI=1S/C11H15ClS/c1-4-11(2,3)13-10-7-5-9(12)6-8-10/h5-8H,4H2,1-3H3. The van der Waals surface area contributed by atoms with Crippen molar-refractivity contribution in [1.82, 2.24) is 0 Å². The zero-order chi connectivity index (χ0) is 9.90. The smallest absolute Gasteiger partial charge is 0.0406 e. The highest BCUT2D eigenvalue weighted by Crippen LogP contribution is 2.34. The molecular weight excluding hydrogens is 200 g/mol. The summed E-state index contributed by atoms with van der Waals surface area (Å²) in [6, 6.07) is 8.03. The van der Waals surface area contributed by atoms with Crippen LogP contribution in [0.5, 0.6) is 0 Å². The molecule has 0 aliphatic heterocycles. The van der Waals surface area contributed by atoms with Crippen LogP contribution in [0.2, 0.25) is 5.02 Å². The second kappa shape index (κ2) is 4.39. The van der Waals surface area contributed by atoms with Crippen LogP contribution in [-0.4, -0.2) is 4.75 Å². The number of thioether (sulfide) groups is 1. The highest BCUT2D eigenvalue weighted by molar-refractivity contribution is 8.00. The van der Waals surface area contributed by atoms with E-state index in [0.717, 1.165) is 5.02 Å². The molecule has 0 saturated carbocycles. The van der Waals surface area contributed by atoms with Gasteiger partial charge in [-0.1, -0.05) is 32.4 Å². The predicted molar refractivity (Wildman–Crippen MR) is 61.7 cm³/mol. The lowest BCUT2D eigenvalue weighted by Gasteiger charge is -2.21. The SMILES string of the molecule is CCC(C)(C)Sc1ccc(Cl)cc1. The van der Waals surface area contributed by atoms with Crippen molar-refractivity contribution in [1.29, 1.82) is 0 Å². The molecule has 0 heterocycles. The van der Waals surface area contributed by atoms with E-state index in [9.17, 15) is 0 Å². The van der Waals surface area contributed by atoms with Crippen LogP contribution >= 0.6 is 23.4 Å². The maximum absolute atomic E-state index is 5.81. The Balaban J connectivity index is 2.69. The van der Waals surface area contributed by atoms with E-state index < -0.39 is 0 Å². The molecule has 0 fully saturated rings. The zero-order valence-corrected chi connectivity index (χ0v) is 9.88. The monoisotopic (exact) mass is 214 g/mol. The van der Waals surface area contributed by atoms with Gasteiger partial charge in [-0.05, 0) is 30.7 Å². The molecule has 0 radical (unpaired) electrons. The zero-order valence-electron chi connectivity index (χ0n) is 8.30. The van der Waals surface area contributed by atoms with Gasteiger partial charge in [-0.25, -0.2) is 0 Å². The third-order valence-corrected chi connectivity index (χ3v) is 3.66. The molecule has 0 amide bonds. The van der Waals surface area contributed by atoms with Crippen molar-refractivity contribution in [3.63, 3.8) is 0 Å². The molecule has 1 aromatic rings. The van der Waals surface area contributed by atoms with Gasteiger partial charge in [0.2, 0.25) is 0 Å². The van der Waals surface area contributed by atoms with Crippen molar-refractivity contribution >= 4 is 23.4 Å². The molecule has 1 aromatic carbocycles. The first-order valence-corrected chi connectivity index (χ1v) is 5.67. The average molecular weight is 215 g/mol. The fraction of sp³-hybridized carbons (Fsp3) is 0.455. The fourth-order valence-corrected chi connectivity index (χ4v) is 2.07. The van der Waals surface area contributed by atoms with E-state index >= 15 is 0 Å². The van der Waals surface area contributed by atoms with Gasteiger partial charge in [0.05, 0.1) is 0 Å². The Bertz CT molecular complexity index is 264. The first kappa shape index (κ1) is 10.9. The maximum atomic E-state index is 5.81. The topological polar surface area (TPSA) is 0 Å². The molecule has 72 valence electrons. The minimum Gasteiger partial charge on any atom is -0.120 e. The summed E-state index contributed by atoms with van der Waals surface area (Å²) >= 11 is 7.70. The summed E-state index contributed by atoms with van der Waals surface area (Å²) in [5.41, 5.74) is 0. The summed E-state index contributed by atoms with van der Waals surface area (Å²) in [7, 11) is 0. The van der Waals surface area contributed by atoms with E-state index in [2.05, 4.69) is 32.9 Å². The lowest BCUT2D eigenvalue weighted by molar-refractivity contribution is 0.684. The Morgan fingerprint density at radius 3 is 2.23 bits per heavy atom. The molecule has 0 bridgehead atoms. The summed E-state index contributed by atoms with van der Waals surface area (Å²) in [5.74, 6) is 0. The van der Waals surface area contributed by atoms with Crippen LogP contribution in [0, 0.1) is 0 Å². The lowest BCUT2D eigenvalue weighted by atomic mass is 10.1. The van der Waals surface area contributed by atoms with Gasteiger partial charge >= 0.3 is 0 Å². The molecule has 0 spiro atoms. The molecule has 0 atom stereocenters. The normalized spacial score (nSPS) is 11.7. The van der Waals surface area contributed by atoms with Crippen molar-refractivity contribution in [2.45, 2.75) is 36.8 Å². The maximum Gasteiger partial charge on any atom is 0.0406 e. The van der Waals surface area contributed by atoms with E-state index in [4.69, 9.17) is 11.6 Å². The van der Waals surface area contributed by atoms with Gasteiger partial charge in [0.1, 0.15) is 0 Å². The largest absolute Gasteiger partial charge is 0.120 e. The van der Waals surface area contributed by atoms with Gasteiger partial charge in [-0.2, -0.15) is 0 Å². The Kier molecular flexibility index (Phi) is 3.69. The molecule has 0 aromatic heterocycles. The minimum atomic E-state index is 0.313. The second-order valence-electron chi connectivity index (χ2n) is 3.67. The molecule has 13 heavy (non-hydrogen) atoms. The van der Waals surface area contributed by atoms with Crippen molar-refractivity contribution < 1.29 is 0 Å². The van der Waals surface area contributed by atoms with E-state index in [-0.39, 0.29) is 0 Å². The molecule has 0 saturated heterocycles. The second-order valence-corrected chi connectivity index (χ2v) is 5.89. The Labute approximate surface area is 89.7 Å². The highest BCUT2D eigenvalue weighted by Gasteiger charge is 2.16. The van der Waals surface area contributed by atoms with Crippen LogP contribution < -0.4 is 0 Å². The molecule has 0 aliphatic rings. The molecule has 1 rings (SSSR count). The number of hydrogen-bond donors (Lipinski definition) is 0. The summed E-state index contributed by atoms with van der Waals surface area (Å²) in [6.07, 6.45) is 1.17. The third kappa shape index (κ3) is 3.61. The van der Waals surface area contributed by atoms with Crippen LogP contribution in [0.4, 0.5) is 0 Å². The average Bonchev–Trinajstić information content (AvgIpc) is 2.09. The Hall–Kier alpha value is -0.140. The van der Waals surface area contributed by atoms with E-state index in [1.165, 1.54) is 11.3 Å². The third-order valence-electron chi connectivity index (χ3n) is 2.06. The minimum absolute atomic E-state index is 0.313. The molecule has 2 heteroatoms. The Morgan fingerprint density at radius 1 is 1.23 bits per heavy atom. The molecule has 0 unspecified atom stereocenters. The van der Waals surface area contributed by atoms with Crippen LogP contribution in [-0.2, 0) is 0 Å². The summed E-state index contributed by atoms with van der Waals surface area (Å²) < 4.78 is 0.313. The Morgan fingerprint density at radius 2 is 1.77 bits per heavy atom. The van der Waals surface area contributed by atoms with Crippen LogP contribution in [0.3, 0.4) is 0 Å². The van der Waals surface area contributed by atoms with Crippen molar-refractivity contribution in [3.8, 4) is 0 Å². The number of hydrogen-bond acceptors (Lipinski definition) is 1. The van der Waals surface area contributed by atoms with Crippen LogP contribution in [0.15, 0.2) is 29.2 Å². The van der Waals surface area contributed by atoms with Crippen molar-refractivity contribution in [3.05, 3.63) is 29.3 Å². The number of rotatable bonds is 3. The predicted octanol–water partition coefficient (Wildman–Crippen LogP) is 4.62.